The molecule has 0 saturated carbocycles. The van der Waals surface area contributed by atoms with E-state index in [-0.39, 0.29) is 10.8 Å². The van der Waals surface area contributed by atoms with Crippen molar-refractivity contribution >= 4 is 0 Å². The SMILES string of the molecule is CC(C1(C)c2ccccc2-c2ccccc21)C1(C)c2ccccc2-c2ccccc21. The molecule has 0 unspecified atom stereocenters. The molecule has 0 aromatic heterocycles. The van der Waals surface area contributed by atoms with Crippen LogP contribution in [0.5, 0.6) is 0 Å². The Bertz CT molecular complexity index is 1100. The van der Waals surface area contributed by atoms with E-state index in [0.29, 0.717) is 5.92 Å². The second-order valence-corrected chi connectivity index (χ2v) is 9.31. The summed E-state index contributed by atoms with van der Waals surface area (Å²) in [7, 11) is 0. The monoisotopic (exact) mass is 386 g/mol. The highest BCUT2D eigenvalue weighted by atomic mass is 14.6. The highest BCUT2D eigenvalue weighted by molar-refractivity contribution is 5.84. The van der Waals surface area contributed by atoms with Gasteiger partial charge in [-0.1, -0.05) is 118 Å². The van der Waals surface area contributed by atoms with Crippen molar-refractivity contribution in [1.29, 1.82) is 0 Å². The minimum atomic E-state index is -0.0630. The maximum absolute atomic E-state index is 2.47. The molecule has 0 radical (unpaired) electrons. The van der Waals surface area contributed by atoms with Gasteiger partial charge >= 0.3 is 0 Å². The first-order valence-electron chi connectivity index (χ1n) is 11.0. The topological polar surface area (TPSA) is 0 Å². The summed E-state index contributed by atoms with van der Waals surface area (Å²) in [5.74, 6) is 0.375. The molecule has 2 aliphatic rings. The molecule has 0 bridgehead atoms. The van der Waals surface area contributed by atoms with E-state index < -0.39 is 0 Å². The van der Waals surface area contributed by atoms with Crippen LogP contribution in [0.25, 0.3) is 22.3 Å². The molecule has 30 heavy (non-hydrogen) atoms. The fourth-order valence-electron chi connectivity index (χ4n) is 6.48. The number of hydrogen-bond donors (Lipinski definition) is 0. The van der Waals surface area contributed by atoms with Crippen molar-refractivity contribution in [2.45, 2.75) is 31.6 Å². The molecule has 0 nitrogen and oxygen atoms in total. The molecule has 0 amide bonds. The maximum atomic E-state index is 2.47. The van der Waals surface area contributed by atoms with Crippen molar-refractivity contribution in [2.24, 2.45) is 5.92 Å². The first-order valence-corrected chi connectivity index (χ1v) is 11.0. The average Bonchev–Trinajstić information content (AvgIpc) is 3.23. The van der Waals surface area contributed by atoms with Gasteiger partial charge in [0.05, 0.1) is 0 Å². The van der Waals surface area contributed by atoms with Crippen LogP contribution in [-0.4, -0.2) is 0 Å². The third-order valence-electron chi connectivity index (χ3n) is 8.26. The first kappa shape index (κ1) is 17.7. The lowest BCUT2D eigenvalue weighted by molar-refractivity contribution is 0.267. The van der Waals surface area contributed by atoms with Gasteiger partial charge in [0.1, 0.15) is 0 Å². The number of rotatable bonds is 2. The molecule has 0 aliphatic heterocycles. The summed E-state index contributed by atoms with van der Waals surface area (Å²) in [4.78, 5) is 0. The van der Waals surface area contributed by atoms with Crippen molar-refractivity contribution in [2.75, 3.05) is 0 Å². The van der Waals surface area contributed by atoms with Crippen molar-refractivity contribution < 1.29 is 0 Å². The Hall–Kier alpha value is -3.12. The summed E-state index contributed by atoms with van der Waals surface area (Å²) in [5.41, 5.74) is 11.3. The van der Waals surface area contributed by atoms with Crippen LogP contribution in [0.4, 0.5) is 0 Å². The Morgan fingerprint density at radius 1 is 0.433 bits per heavy atom. The van der Waals surface area contributed by atoms with Crippen molar-refractivity contribution in [1.82, 2.24) is 0 Å². The Labute approximate surface area is 179 Å². The van der Waals surface area contributed by atoms with Gasteiger partial charge in [-0.3, -0.25) is 0 Å². The minimum Gasteiger partial charge on any atom is -0.0619 e. The zero-order valence-electron chi connectivity index (χ0n) is 17.8. The maximum Gasteiger partial charge on any atom is 0.0224 e. The van der Waals surface area contributed by atoms with Crippen molar-refractivity contribution in [3.8, 4) is 22.3 Å². The first-order chi connectivity index (χ1) is 14.6. The normalized spacial score (nSPS) is 16.7. The van der Waals surface area contributed by atoms with E-state index in [1.165, 1.54) is 44.5 Å². The van der Waals surface area contributed by atoms with Gasteiger partial charge < -0.3 is 0 Å². The second-order valence-electron chi connectivity index (χ2n) is 9.31. The standard InChI is InChI=1S/C30H26/c1-20(29(2)25-16-8-4-12-21(25)22-13-5-9-17-26(22)29)30(3)27-18-10-6-14-23(27)24-15-7-11-19-28(24)30/h4-20H,1-3H3. The fraction of sp³-hybridized carbons (Fsp3) is 0.200. The van der Waals surface area contributed by atoms with Gasteiger partial charge in [0.2, 0.25) is 0 Å². The van der Waals surface area contributed by atoms with E-state index in [4.69, 9.17) is 0 Å². The molecule has 0 heterocycles. The lowest BCUT2D eigenvalue weighted by atomic mass is 9.57. The quantitative estimate of drug-likeness (QED) is 0.333. The van der Waals surface area contributed by atoms with E-state index in [2.05, 4.69) is 118 Å². The molecular formula is C30H26. The Morgan fingerprint density at radius 3 is 0.933 bits per heavy atom. The van der Waals surface area contributed by atoms with E-state index in [0.717, 1.165) is 0 Å². The van der Waals surface area contributed by atoms with Crippen LogP contribution >= 0.6 is 0 Å². The summed E-state index contributed by atoms with van der Waals surface area (Å²) < 4.78 is 0. The minimum absolute atomic E-state index is 0.0630. The van der Waals surface area contributed by atoms with Crippen LogP contribution < -0.4 is 0 Å². The Balaban J connectivity index is 1.65. The number of benzene rings is 4. The van der Waals surface area contributed by atoms with Crippen LogP contribution in [0, 0.1) is 5.92 Å². The molecule has 6 rings (SSSR count). The molecule has 4 aromatic rings. The van der Waals surface area contributed by atoms with E-state index in [1.54, 1.807) is 0 Å². The zero-order chi connectivity index (χ0) is 20.5. The zero-order valence-corrected chi connectivity index (χ0v) is 17.8. The van der Waals surface area contributed by atoms with E-state index >= 15 is 0 Å². The van der Waals surface area contributed by atoms with Crippen LogP contribution in [0.1, 0.15) is 43.0 Å². The smallest absolute Gasteiger partial charge is 0.0224 e. The number of fused-ring (bicyclic) bond motifs is 6. The van der Waals surface area contributed by atoms with Crippen LogP contribution in [0.3, 0.4) is 0 Å². The van der Waals surface area contributed by atoms with Crippen LogP contribution in [-0.2, 0) is 10.8 Å². The molecular weight excluding hydrogens is 360 g/mol. The van der Waals surface area contributed by atoms with Gasteiger partial charge in [-0.05, 0) is 50.4 Å². The summed E-state index contributed by atoms with van der Waals surface area (Å²) in [6.07, 6.45) is 0. The highest BCUT2D eigenvalue weighted by Crippen LogP contribution is 2.61. The Morgan fingerprint density at radius 2 is 0.667 bits per heavy atom. The van der Waals surface area contributed by atoms with E-state index in [9.17, 15) is 0 Å². The van der Waals surface area contributed by atoms with Crippen LogP contribution in [0.2, 0.25) is 0 Å². The third kappa shape index (κ3) is 1.97. The lowest BCUT2D eigenvalue weighted by Gasteiger charge is -2.45. The molecule has 0 saturated heterocycles. The fourth-order valence-corrected chi connectivity index (χ4v) is 6.48. The number of hydrogen-bond acceptors (Lipinski definition) is 0. The van der Waals surface area contributed by atoms with Gasteiger partial charge in [0.15, 0.2) is 0 Å². The van der Waals surface area contributed by atoms with Gasteiger partial charge in [0, 0.05) is 10.8 Å². The van der Waals surface area contributed by atoms with Crippen molar-refractivity contribution in [3.63, 3.8) is 0 Å². The molecule has 0 atom stereocenters. The molecule has 146 valence electrons. The molecule has 0 fully saturated rings. The predicted molar refractivity (Wildman–Crippen MR) is 126 cm³/mol. The predicted octanol–water partition coefficient (Wildman–Crippen LogP) is 7.60. The largest absolute Gasteiger partial charge is 0.0619 e. The molecule has 0 N–H and O–H groups in total. The third-order valence-corrected chi connectivity index (χ3v) is 8.26. The average molecular weight is 387 g/mol. The van der Waals surface area contributed by atoms with E-state index in [1.807, 2.05) is 0 Å². The van der Waals surface area contributed by atoms with Gasteiger partial charge in [-0.15, -0.1) is 0 Å². The van der Waals surface area contributed by atoms with Crippen LogP contribution in [0.15, 0.2) is 97.1 Å². The van der Waals surface area contributed by atoms with Gasteiger partial charge in [-0.2, -0.15) is 0 Å². The highest BCUT2D eigenvalue weighted by Gasteiger charge is 2.53. The molecule has 2 aliphatic carbocycles. The van der Waals surface area contributed by atoms with Gasteiger partial charge in [-0.25, -0.2) is 0 Å². The summed E-state index contributed by atoms with van der Waals surface area (Å²) in [6.45, 7) is 7.41. The molecule has 0 heteroatoms. The molecule has 4 aromatic carbocycles. The lowest BCUT2D eigenvalue weighted by Crippen LogP contribution is -2.43. The Kier molecular flexibility index (Phi) is 3.51. The van der Waals surface area contributed by atoms with Crippen molar-refractivity contribution in [3.05, 3.63) is 119 Å². The molecule has 0 spiro atoms. The summed E-state index contributed by atoms with van der Waals surface area (Å²) in [5, 5.41) is 0. The summed E-state index contributed by atoms with van der Waals surface area (Å²) in [6, 6.07) is 36.1. The second kappa shape index (κ2) is 5.95. The summed E-state index contributed by atoms with van der Waals surface area (Å²) >= 11 is 0. The van der Waals surface area contributed by atoms with Gasteiger partial charge in [0.25, 0.3) is 0 Å².